The van der Waals surface area contributed by atoms with Gasteiger partial charge in [-0.3, -0.25) is 0 Å². The molecule has 2 atom stereocenters. The first-order valence-corrected chi connectivity index (χ1v) is 6.03. The average molecular weight is 200 g/mol. The Hall–Kier alpha value is -0.0800. The summed E-state index contributed by atoms with van der Waals surface area (Å²) in [6.45, 7) is 12.8. The number of nitrogens with one attached hydrogen (secondary N) is 1. The number of nitrogens with zero attached hydrogens (tertiary/aromatic N) is 1. The van der Waals surface area contributed by atoms with Crippen LogP contribution in [0.2, 0.25) is 0 Å². The highest BCUT2D eigenvalue weighted by Crippen LogP contribution is 2.05. The van der Waals surface area contributed by atoms with Gasteiger partial charge in [0.05, 0.1) is 0 Å². The molecule has 0 aliphatic carbocycles. The number of hydrogen-bond donors (Lipinski definition) is 1. The lowest BCUT2D eigenvalue weighted by Gasteiger charge is -2.25. The van der Waals surface area contributed by atoms with E-state index in [4.69, 9.17) is 0 Å². The first kappa shape index (κ1) is 13.9. The SMILES string of the molecule is CCC(C)CN(CC)CCC(C)NC. The van der Waals surface area contributed by atoms with Gasteiger partial charge in [0.25, 0.3) is 0 Å². The molecule has 1 N–H and O–H groups in total. The fraction of sp³-hybridized carbons (Fsp3) is 1.00. The van der Waals surface area contributed by atoms with Crippen LogP contribution in [0.4, 0.5) is 0 Å². The molecule has 2 nitrogen and oxygen atoms in total. The molecule has 0 heterocycles. The van der Waals surface area contributed by atoms with Gasteiger partial charge in [-0.05, 0) is 39.4 Å². The third kappa shape index (κ3) is 6.39. The van der Waals surface area contributed by atoms with E-state index in [-0.39, 0.29) is 0 Å². The van der Waals surface area contributed by atoms with Crippen LogP contribution < -0.4 is 5.32 Å². The molecule has 0 aromatic heterocycles. The summed E-state index contributed by atoms with van der Waals surface area (Å²) in [5.41, 5.74) is 0. The lowest BCUT2D eigenvalue weighted by atomic mass is 10.1. The molecule has 0 aromatic carbocycles. The predicted octanol–water partition coefficient (Wildman–Crippen LogP) is 2.35. The summed E-state index contributed by atoms with van der Waals surface area (Å²) >= 11 is 0. The van der Waals surface area contributed by atoms with Crippen molar-refractivity contribution in [2.45, 2.75) is 46.6 Å². The fourth-order valence-corrected chi connectivity index (χ4v) is 1.47. The Balaban J connectivity index is 3.68. The standard InChI is InChI=1S/C12H28N2/c1-6-11(3)10-14(7-2)9-8-12(4)13-5/h11-13H,6-10H2,1-5H3. The fourth-order valence-electron chi connectivity index (χ4n) is 1.47. The van der Waals surface area contributed by atoms with Crippen molar-refractivity contribution in [3.05, 3.63) is 0 Å². The predicted molar refractivity (Wildman–Crippen MR) is 64.7 cm³/mol. The van der Waals surface area contributed by atoms with Crippen molar-refractivity contribution in [3.63, 3.8) is 0 Å². The molecular formula is C12H28N2. The lowest BCUT2D eigenvalue weighted by Crippen LogP contribution is -2.33. The van der Waals surface area contributed by atoms with E-state index in [1.807, 2.05) is 7.05 Å². The Kier molecular flexibility index (Phi) is 8.20. The minimum absolute atomic E-state index is 0.640. The van der Waals surface area contributed by atoms with Gasteiger partial charge in [-0.2, -0.15) is 0 Å². The van der Waals surface area contributed by atoms with Crippen LogP contribution in [-0.2, 0) is 0 Å². The summed E-state index contributed by atoms with van der Waals surface area (Å²) in [6, 6.07) is 0.640. The van der Waals surface area contributed by atoms with Crippen molar-refractivity contribution in [1.29, 1.82) is 0 Å². The molecule has 0 saturated carbocycles. The van der Waals surface area contributed by atoms with Crippen molar-refractivity contribution in [2.75, 3.05) is 26.7 Å². The summed E-state index contributed by atoms with van der Waals surface area (Å²) in [7, 11) is 2.04. The van der Waals surface area contributed by atoms with E-state index in [1.165, 1.54) is 32.5 Å². The van der Waals surface area contributed by atoms with Crippen LogP contribution in [0.25, 0.3) is 0 Å². The van der Waals surface area contributed by atoms with Gasteiger partial charge in [0, 0.05) is 12.6 Å². The van der Waals surface area contributed by atoms with Crippen LogP contribution in [0.5, 0.6) is 0 Å². The van der Waals surface area contributed by atoms with E-state index in [0.717, 1.165) is 5.92 Å². The number of rotatable bonds is 8. The van der Waals surface area contributed by atoms with Gasteiger partial charge in [-0.1, -0.05) is 27.2 Å². The highest BCUT2D eigenvalue weighted by atomic mass is 15.1. The Morgan fingerprint density at radius 2 is 1.86 bits per heavy atom. The maximum absolute atomic E-state index is 3.29. The van der Waals surface area contributed by atoms with Crippen LogP contribution in [0.3, 0.4) is 0 Å². The number of hydrogen-bond acceptors (Lipinski definition) is 2. The van der Waals surface area contributed by atoms with E-state index < -0.39 is 0 Å². The van der Waals surface area contributed by atoms with Crippen molar-refractivity contribution < 1.29 is 0 Å². The van der Waals surface area contributed by atoms with Gasteiger partial charge in [0.15, 0.2) is 0 Å². The third-order valence-corrected chi connectivity index (χ3v) is 3.09. The molecule has 0 fully saturated rings. The molecule has 0 bridgehead atoms. The topological polar surface area (TPSA) is 15.3 Å². The molecule has 86 valence electrons. The molecule has 0 spiro atoms. The van der Waals surface area contributed by atoms with Gasteiger partial charge >= 0.3 is 0 Å². The summed E-state index contributed by atoms with van der Waals surface area (Å²) in [6.07, 6.45) is 2.54. The minimum atomic E-state index is 0.640. The smallest absolute Gasteiger partial charge is 0.00479 e. The molecule has 14 heavy (non-hydrogen) atoms. The maximum atomic E-state index is 3.29. The molecule has 2 unspecified atom stereocenters. The van der Waals surface area contributed by atoms with Gasteiger partial charge in [0.1, 0.15) is 0 Å². The van der Waals surface area contributed by atoms with Crippen molar-refractivity contribution in [3.8, 4) is 0 Å². The molecular weight excluding hydrogens is 172 g/mol. The first-order valence-electron chi connectivity index (χ1n) is 6.03. The molecule has 0 aliphatic heterocycles. The van der Waals surface area contributed by atoms with Crippen molar-refractivity contribution in [2.24, 2.45) is 5.92 Å². The van der Waals surface area contributed by atoms with E-state index in [1.54, 1.807) is 0 Å². The summed E-state index contributed by atoms with van der Waals surface area (Å²) < 4.78 is 0. The van der Waals surface area contributed by atoms with Crippen molar-refractivity contribution in [1.82, 2.24) is 10.2 Å². The molecule has 0 amide bonds. The summed E-state index contributed by atoms with van der Waals surface area (Å²) in [5, 5.41) is 3.29. The van der Waals surface area contributed by atoms with Crippen LogP contribution in [0.15, 0.2) is 0 Å². The zero-order valence-electron chi connectivity index (χ0n) is 10.6. The highest BCUT2D eigenvalue weighted by Gasteiger charge is 2.08. The zero-order valence-corrected chi connectivity index (χ0v) is 10.6. The monoisotopic (exact) mass is 200 g/mol. The molecule has 0 rings (SSSR count). The van der Waals surface area contributed by atoms with Crippen molar-refractivity contribution >= 4 is 0 Å². The average Bonchev–Trinajstić information content (AvgIpc) is 2.22. The lowest BCUT2D eigenvalue weighted by molar-refractivity contribution is 0.235. The molecule has 0 radical (unpaired) electrons. The Morgan fingerprint density at radius 1 is 1.21 bits per heavy atom. The van der Waals surface area contributed by atoms with E-state index in [2.05, 4.69) is 37.9 Å². The summed E-state index contributed by atoms with van der Waals surface area (Å²) in [4.78, 5) is 2.56. The molecule has 2 heteroatoms. The quantitative estimate of drug-likeness (QED) is 0.647. The maximum Gasteiger partial charge on any atom is 0.00479 e. The van der Waals surface area contributed by atoms with Gasteiger partial charge in [0.2, 0.25) is 0 Å². The second-order valence-electron chi connectivity index (χ2n) is 4.39. The molecule has 0 aromatic rings. The normalized spacial score (nSPS) is 15.9. The molecule has 0 saturated heterocycles. The summed E-state index contributed by atoms with van der Waals surface area (Å²) in [5.74, 6) is 0.833. The van der Waals surface area contributed by atoms with Gasteiger partial charge in [-0.25, -0.2) is 0 Å². The second kappa shape index (κ2) is 8.25. The largest absolute Gasteiger partial charge is 0.317 e. The third-order valence-electron chi connectivity index (χ3n) is 3.09. The van der Waals surface area contributed by atoms with Crippen LogP contribution in [0, 0.1) is 5.92 Å². The Bertz CT molecular complexity index is 125. The molecule has 0 aliphatic rings. The van der Waals surface area contributed by atoms with Gasteiger partial charge < -0.3 is 10.2 Å². The second-order valence-corrected chi connectivity index (χ2v) is 4.39. The Labute approximate surface area is 90.1 Å². The zero-order chi connectivity index (χ0) is 11.0. The van der Waals surface area contributed by atoms with Crippen LogP contribution in [-0.4, -0.2) is 37.6 Å². The van der Waals surface area contributed by atoms with Crippen LogP contribution in [0.1, 0.15) is 40.5 Å². The van der Waals surface area contributed by atoms with E-state index in [0.29, 0.717) is 6.04 Å². The highest BCUT2D eigenvalue weighted by molar-refractivity contribution is 4.64. The van der Waals surface area contributed by atoms with E-state index in [9.17, 15) is 0 Å². The first-order chi connectivity index (χ1) is 6.63. The minimum Gasteiger partial charge on any atom is -0.317 e. The Morgan fingerprint density at radius 3 is 2.29 bits per heavy atom. The van der Waals surface area contributed by atoms with E-state index >= 15 is 0 Å². The van der Waals surface area contributed by atoms with Gasteiger partial charge in [-0.15, -0.1) is 0 Å². The van der Waals surface area contributed by atoms with Crippen LogP contribution >= 0.6 is 0 Å².